The fourth-order valence-electron chi connectivity index (χ4n) is 8.87. The maximum Gasteiger partial charge on any atom is 0.164 e. The second-order valence-corrected chi connectivity index (χ2v) is 15.4. The highest BCUT2D eigenvalue weighted by atomic mass is 15.0. The molecular weight excluding hydrogens is 743 g/mol. The fourth-order valence-corrected chi connectivity index (χ4v) is 8.87. The fraction of sp³-hybridized carbons (Fsp3) is 0. The van der Waals surface area contributed by atoms with E-state index in [1.54, 1.807) is 0 Å². The summed E-state index contributed by atoms with van der Waals surface area (Å²) in [4.78, 5) is 20.4. The van der Waals surface area contributed by atoms with E-state index in [4.69, 9.17) is 19.9 Å². The van der Waals surface area contributed by atoms with Gasteiger partial charge in [0.1, 0.15) is 0 Å². The Bertz CT molecular complexity index is 3560. The number of pyridine rings is 1. The second kappa shape index (κ2) is 14.2. The summed E-state index contributed by atoms with van der Waals surface area (Å²) in [5, 5.41) is 8.24. The van der Waals surface area contributed by atoms with E-state index in [1.807, 2.05) is 60.7 Å². The van der Waals surface area contributed by atoms with E-state index in [1.165, 1.54) is 27.1 Å². The van der Waals surface area contributed by atoms with Crippen molar-refractivity contribution in [3.8, 4) is 62.2 Å². The molecule has 0 atom stereocenters. The van der Waals surface area contributed by atoms with Crippen LogP contribution in [0.4, 0.5) is 0 Å². The third-order valence-electron chi connectivity index (χ3n) is 11.8. The largest absolute Gasteiger partial charge is 0.309 e. The first kappa shape index (κ1) is 34.7. The Morgan fingerprint density at radius 2 is 0.852 bits per heavy atom. The second-order valence-electron chi connectivity index (χ2n) is 15.4. The van der Waals surface area contributed by atoms with Gasteiger partial charge in [-0.3, -0.25) is 0 Å². The number of rotatable bonds is 6. The van der Waals surface area contributed by atoms with Gasteiger partial charge in [0.25, 0.3) is 0 Å². The molecule has 0 N–H and O–H groups in total. The molecule has 0 bridgehead atoms. The van der Waals surface area contributed by atoms with Crippen molar-refractivity contribution < 1.29 is 0 Å². The number of hydrogen-bond donors (Lipinski definition) is 0. The summed E-state index contributed by atoms with van der Waals surface area (Å²) in [6, 6.07) is 74.6. The summed E-state index contributed by atoms with van der Waals surface area (Å²) in [5.74, 6) is 1.90. The van der Waals surface area contributed by atoms with Crippen LogP contribution >= 0.6 is 0 Å². The van der Waals surface area contributed by atoms with Gasteiger partial charge in [-0.2, -0.15) is 0 Å². The molecule has 0 spiro atoms. The van der Waals surface area contributed by atoms with Gasteiger partial charge in [-0.1, -0.05) is 182 Å². The maximum atomic E-state index is 5.57. The van der Waals surface area contributed by atoms with E-state index in [2.05, 4.69) is 156 Å². The molecule has 3 aromatic heterocycles. The highest BCUT2D eigenvalue weighted by Gasteiger charge is 2.20. The highest BCUT2D eigenvalue weighted by molar-refractivity contribution is 6.21. The van der Waals surface area contributed by atoms with Crippen LogP contribution in [0, 0.1) is 0 Å². The van der Waals surface area contributed by atoms with Crippen molar-refractivity contribution in [3.63, 3.8) is 0 Å². The quantitative estimate of drug-likeness (QED) is 0.158. The molecule has 61 heavy (non-hydrogen) atoms. The predicted octanol–water partition coefficient (Wildman–Crippen LogP) is 14.2. The van der Waals surface area contributed by atoms with Crippen LogP contribution < -0.4 is 0 Å². The third kappa shape index (κ3) is 5.94. The molecule has 284 valence electrons. The number of nitrogens with zero attached hydrogens (tertiary/aromatic N) is 5. The number of benzene rings is 9. The normalized spacial score (nSPS) is 11.6. The molecule has 5 nitrogen and oxygen atoms in total. The first-order chi connectivity index (χ1) is 30.2. The molecule has 0 amide bonds. The molecule has 0 aliphatic heterocycles. The summed E-state index contributed by atoms with van der Waals surface area (Å²) < 4.78 is 2.42. The molecule has 9 aromatic carbocycles. The van der Waals surface area contributed by atoms with Crippen molar-refractivity contribution in [2.75, 3.05) is 0 Å². The van der Waals surface area contributed by atoms with Gasteiger partial charge in [0.15, 0.2) is 17.5 Å². The Morgan fingerprint density at radius 3 is 1.54 bits per heavy atom. The number of hydrogen-bond acceptors (Lipinski definition) is 4. The van der Waals surface area contributed by atoms with Gasteiger partial charge in [-0.25, -0.2) is 19.9 Å². The van der Waals surface area contributed by atoms with Crippen molar-refractivity contribution >= 4 is 54.3 Å². The first-order valence-electron chi connectivity index (χ1n) is 20.6. The van der Waals surface area contributed by atoms with Crippen LogP contribution in [0.3, 0.4) is 0 Å². The molecular formula is C56H35N5. The molecule has 0 radical (unpaired) electrons. The van der Waals surface area contributed by atoms with E-state index in [9.17, 15) is 0 Å². The summed E-state index contributed by atoms with van der Waals surface area (Å²) in [5.41, 5.74) is 11.4. The van der Waals surface area contributed by atoms with Crippen LogP contribution in [0.5, 0.6) is 0 Å². The monoisotopic (exact) mass is 777 g/mol. The summed E-state index contributed by atoms with van der Waals surface area (Å²) in [6.45, 7) is 0. The minimum atomic E-state index is 0.624. The molecule has 0 unspecified atom stereocenters. The van der Waals surface area contributed by atoms with Crippen LogP contribution in [-0.2, 0) is 0 Å². The summed E-state index contributed by atoms with van der Waals surface area (Å²) in [7, 11) is 0. The van der Waals surface area contributed by atoms with E-state index < -0.39 is 0 Å². The van der Waals surface area contributed by atoms with E-state index in [0.717, 1.165) is 72.0 Å². The number of aromatic nitrogens is 5. The Hall–Kier alpha value is -8.28. The van der Waals surface area contributed by atoms with Gasteiger partial charge in [0, 0.05) is 55.0 Å². The van der Waals surface area contributed by atoms with Gasteiger partial charge < -0.3 is 4.57 Å². The molecule has 0 aliphatic rings. The van der Waals surface area contributed by atoms with Gasteiger partial charge in [-0.15, -0.1) is 0 Å². The SMILES string of the molecule is c1ccc(-c2nc(-c3ccccc3)nc(-c3ccc(-c4cccc5c4nc(-c4ccccc4)c4cc6c7ccccc7n(-c7ccc8ccccc8c7)c6cc45)cc3)n2)cc1. The smallest absolute Gasteiger partial charge is 0.164 e. The maximum absolute atomic E-state index is 5.57. The summed E-state index contributed by atoms with van der Waals surface area (Å²) >= 11 is 0. The zero-order chi connectivity index (χ0) is 40.3. The minimum absolute atomic E-state index is 0.624. The molecule has 12 aromatic rings. The predicted molar refractivity (Wildman–Crippen MR) is 252 cm³/mol. The molecule has 5 heteroatoms. The van der Waals surface area contributed by atoms with E-state index in [0.29, 0.717) is 17.5 Å². The van der Waals surface area contributed by atoms with E-state index >= 15 is 0 Å². The Balaban J connectivity index is 1.06. The first-order valence-corrected chi connectivity index (χ1v) is 20.6. The van der Waals surface area contributed by atoms with Gasteiger partial charge in [-0.05, 0) is 52.1 Å². The lowest BCUT2D eigenvalue weighted by atomic mass is 9.94. The highest BCUT2D eigenvalue weighted by Crippen LogP contribution is 2.42. The average Bonchev–Trinajstić information content (AvgIpc) is 3.66. The van der Waals surface area contributed by atoms with Crippen LogP contribution in [0.25, 0.3) is 116 Å². The van der Waals surface area contributed by atoms with Crippen molar-refractivity contribution in [2.45, 2.75) is 0 Å². The zero-order valence-electron chi connectivity index (χ0n) is 32.9. The van der Waals surface area contributed by atoms with Crippen LogP contribution in [0.15, 0.2) is 212 Å². The molecule has 0 saturated heterocycles. The Labute approximate surface area is 351 Å². The molecule has 0 aliphatic carbocycles. The van der Waals surface area contributed by atoms with Gasteiger partial charge in [0.05, 0.1) is 22.2 Å². The van der Waals surface area contributed by atoms with Crippen molar-refractivity contribution in [1.82, 2.24) is 24.5 Å². The third-order valence-corrected chi connectivity index (χ3v) is 11.8. The Morgan fingerprint density at radius 1 is 0.295 bits per heavy atom. The van der Waals surface area contributed by atoms with Gasteiger partial charge >= 0.3 is 0 Å². The van der Waals surface area contributed by atoms with E-state index in [-0.39, 0.29) is 0 Å². The minimum Gasteiger partial charge on any atom is -0.309 e. The topological polar surface area (TPSA) is 56.5 Å². The molecule has 12 rings (SSSR count). The van der Waals surface area contributed by atoms with Crippen molar-refractivity contribution in [2.24, 2.45) is 0 Å². The molecule has 3 heterocycles. The van der Waals surface area contributed by atoms with Crippen LogP contribution in [0.1, 0.15) is 0 Å². The van der Waals surface area contributed by atoms with Gasteiger partial charge in [0.2, 0.25) is 0 Å². The van der Waals surface area contributed by atoms with Crippen LogP contribution in [0.2, 0.25) is 0 Å². The lowest BCUT2D eigenvalue weighted by Gasteiger charge is -2.15. The lowest BCUT2D eigenvalue weighted by Crippen LogP contribution is -2.00. The zero-order valence-corrected chi connectivity index (χ0v) is 32.9. The Kier molecular flexibility index (Phi) is 8.10. The number of para-hydroxylation sites is 2. The van der Waals surface area contributed by atoms with Crippen molar-refractivity contribution in [3.05, 3.63) is 212 Å². The average molecular weight is 778 g/mol. The van der Waals surface area contributed by atoms with Crippen LogP contribution in [-0.4, -0.2) is 24.5 Å². The number of fused-ring (bicyclic) bond motifs is 7. The summed E-state index contributed by atoms with van der Waals surface area (Å²) in [6.07, 6.45) is 0. The standard InChI is InChI=1S/C56H35N5/c1-4-16-38(17-5-1)52-49-34-48-45-23-12-13-26-50(45)61(43-32-31-36-15-10-11-22-42(36)33-43)51(48)35-47(49)46-25-14-24-44(53(46)57-52)37-27-29-41(30-28-37)56-59-54(39-18-6-2-7-19-39)58-55(60-56)40-20-8-3-9-21-40/h1-35H. The molecule has 0 fully saturated rings. The molecule has 0 saturated carbocycles. The van der Waals surface area contributed by atoms with Crippen molar-refractivity contribution in [1.29, 1.82) is 0 Å². The lowest BCUT2D eigenvalue weighted by molar-refractivity contribution is 1.07.